The summed E-state index contributed by atoms with van der Waals surface area (Å²) in [5, 5.41) is 0. The van der Waals surface area contributed by atoms with Crippen LogP contribution >= 0.6 is 0 Å². The minimum absolute atomic E-state index is 0.851. The van der Waals surface area contributed by atoms with Gasteiger partial charge in [0.2, 0.25) is 0 Å². The molecule has 0 bridgehead atoms. The molecule has 2 N–H and O–H groups in total. The van der Waals surface area contributed by atoms with E-state index in [-0.39, 0.29) is 0 Å². The van der Waals surface area contributed by atoms with Gasteiger partial charge in [0.1, 0.15) is 0 Å². The van der Waals surface area contributed by atoms with Gasteiger partial charge in [-0.3, -0.25) is 10.9 Å². The number of hydrogen-bond acceptors (Lipinski definition) is 2. The second-order valence-corrected chi connectivity index (χ2v) is 4.43. The van der Waals surface area contributed by atoms with Crippen molar-refractivity contribution in [1.29, 1.82) is 0 Å². The monoisotopic (exact) mass is 214 g/mol. The van der Waals surface area contributed by atoms with E-state index in [1.54, 1.807) is 0 Å². The van der Waals surface area contributed by atoms with Crippen molar-refractivity contribution in [3.8, 4) is 0 Å². The fourth-order valence-corrected chi connectivity index (χ4v) is 1.71. The summed E-state index contributed by atoms with van der Waals surface area (Å²) < 4.78 is 0. The molecule has 0 saturated carbocycles. The fourth-order valence-electron chi connectivity index (χ4n) is 1.71. The van der Waals surface area contributed by atoms with Gasteiger partial charge in [-0.05, 0) is 18.8 Å². The Hall–Kier alpha value is -0.0800. The van der Waals surface area contributed by atoms with Crippen LogP contribution < -0.4 is 10.9 Å². The molecule has 0 amide bonds. The Kier molecular flexibility index (Phi) is 11.9. The van der Waals surface area contributed by atoms with Crippen LogP contribution in [0.1, 0.15) is 65.7 Å². The zero-order valence-electron chi connectivity index (χ0n) is 10.9. The van der Waals surface area contributed by atoms with Crippen LogP contribution in [0.15, 0.2) is 0 Å². The van der Waals surface area contributed by atoms with E-state index in [1.807, 2.05) is 0 Å². The molecule has 0 saturated heterocycles. The van der Waals surface area contributed by atoms with Crippen LogP contribution in [-0.2, 0) is 0 Å². The Morgan fingerprint density at radius 2 is 1.60 bits per heavy atom. The highest BCUT2D eigenvalue weighted by Crippen LogP contribution is 2.10. The van der Waals surface area contributed by atoms with Crippen molar-refractivity contribution in [2.24, 2.45) is 5.92 Å². The fraction of sp³-hybridized carbons (Fsp3) is 1.00. The normalized spacial score (nSPS) is 13.0. The van der Waals surface area contributed by atoms with Gasteiger partial charge in [-0.1, -0.05) is 52.9 Å². The second kappa shape index (κ2) is 12.0. The van der Waals surface area contributed by atoms with E-state index in [1.165, 1.54) is 44.9 Å². The van der Waals surface area contributed by atoms with Crippen molar-refractivity contribution in [3.63, 3.8) is 0 Å². The summed E-state index contributed by atoms with van der Waals surface area (Å²) in [5.41, 5.74) is 6.67. The van der Waals surface area contributed by atoms with Gasteiger partial charge in [-0.15, -0.1) is 0 Å². The van der Waals surface area contributed by atoms with Gasteiger partial charge in [-0.2, -0.15) is 0 Å². The minimum Gasteiger partial charge on any atom is -0.258 e. The number of rotatable bonds is 11. The van der Waals surface area contributed by atoms with E-state index in [9.17, 15) is 0 Å². The highest BCUT2D eigenvalue weighted by Gasteiger charge is 2.04. The lowest BCUT2D eigenvalue weighted by Gasteiger charge is -2.15. The van der Waals surface area contributed by atoms with Crippen LogP contribution in [-0.4, -0.2) is 13.1 Å². The topological polar surface area (TPSA) is 24.1 Å². The third kappa shape index (κ3) is 10.2. The Morgan fingerprint density at radius 3 is 2.20 bits per heavy atom. The molecule has 1 unspecified atom stereocenters. The lowest BCUT2D eigenvalue weighted by molar-refractivity contribution is 0.384. The average Bonchev–Trinajstić information content (AvgIpc) is 2.27. The quantitative estimate of drug-likeness (QED) is 0.406. The first-order chi connectivity index (χ1) is 7.35. The summed E-state index contributed by atoms with van der Waals surface area (Å²) in [6.07, 6.45) is 9.28. The predicted octanol–water partition coefficient (Wildman–Crippen LogP) is 3.49. The Morgan fingerprint density at radius 1 is 0.867 bits per heavy atom. The zero-order chi connectivity index (χ0) is 11.4. The molecular weight excluding hydrogens is 184 g/mol. The average molecular weight is 214 g/mol. The maximum Gasteiger partial charge on any atom is 0.0128 e. The number of nitrogens with one attached hydrogen (secondary N) is 2. The van der Waals surface area contributed by atoms with Gasteiger partial charge >= 0.3 is 0 Å². The maximum absolute atomic E-state index is 3.35. The van der Waals surface area contributed by atoms with E-state index in [0.29, 0.717) is 0 Å². The Balaban J connectivity index is 3.22. The van der Waals surface area contributed by atoms with Crippen LogP contribution in [0.2, 0.25) is 0 Å². The van der Waals surface area contributed by atoms with Crippen LogP contribution in [0.5, 0.6) is 0 Å². The molecule has 15 heavy (non-hydrogen) atoms. The van der Waals surface area contributed by atoms with E-state index in [4.69, 9.17) is 0 Å². The van der Waals surface area contributed by atoms with Gasteiger partial charge in [0.15, 0.2) is 0 Å². The van der Waals surface area contributed by atoms with Crippen molar-refractivity contribution in [2.45, 2.75) is 65.7 Å². The second-order valence-electron chi connectivity index (χ2n) is 4.43. The first-order valence-electron chi connectivity index (χ1n) is 6.80. The molecule has 0 aromatic heterocycles. The van der Waals surface area contributed by atoms with E-state index in [2.05, 4.69) is 31.6 Å². The lowest BCUT2D eigenvalue weighted by Crippen LogP contribution is -2.36. The number of unbranched alkanes of at least 4 members (excludes halogenated alkanes) is 3. The molecule has 0 aromatic carbocycles. The molecule has 2 heteroatoms. The van der Waals surface area contributed by atoms with E-state index < -0.39 is 0 Å². The first kappa shape index (κ1) is 14.9. The van der Waals surface area contributed by atoms with Crippen molar-refractivity contribution in [1.82, 2.24) is 10.9 Å². The molecule has 0 aromatic rings. The summed E-state index contributed by atoms with van der Waals surface area (Å²) in [7, 11) is 0. The molecule has 0 spiro atoms. The van der Waals surface area contributed by atoms with Crippen molar-refractivity contribution < 1.29 is 0 Å². The first-order valence-corrected chi connectivity index (χ1v) is 6.80. The molecule has 1 atom stereocenters. The number of hydrogen-bond donors (Lipinski definition) is 2. The largest absolute Gasteiger partial charge is 0.258 e. The van der Waals surface area contributed by atoms with Crippen LogP contribution in [0.25, 0.3) is 0 Å². The molecule has 0 heterocycles. The summed E-state index contributed by atoms with van der Waals surface area (Å²) in [5.74, 6) is 0.851. The molecule has 0 aliphatic carbocycles. The molecular formula is C13H30N2. The Labute approximate surface area is 96.2 Å². The molecule has 92 valence electrons. The molecule has 2 nitrogen and oxygen atoms in total. The standard InChI is InChI=1S/C13H30N2/c1-4-7-9-11-14-15-12-13(6-3)10-8-5-2/h13-15H,4-12H2,1-3H3. The molecule has 0 aliphatic heterocycles. The smallest absolute Gasteiger partial charge is 0.0128 e. The van der Waals surface area contributed by atoms with Crippen molar-refractivity contribution >= 4 is 0 Å². The summed E-state index contributed by atoms with van der Waals surface area (Å²) in [6.45, 7) is 9.04. The third-order valence-electron chi connectivity index (χ3n) is 2.96. The molecule has 0 fully saturated rings. The zero-order valence-corrected chi connectivity index (χ0v) is 10.9. The van der Waals surface area contributed by atoms with E-state index in [0.717, 1.165) is 19.0 Å². The van der Waals surface area contributed by atoms with Crippen molar-refractivity contribution in [3.05, 3.63) is 0 Å². The summed E-state index contributed by atoms with van der Waals surface area (Å²) in [4.78, 5) is 0. The highest BCUT2D eigenvalue weighted by molar-refractivity contribution is 4.59. The van der Waals surface area contributed by atoms with Gasteiger partial charge in [0.25, 0.3) is 0 Å². The Bertz CT molecular complexity index is 115. The SMILES string of the molecule is CCCCCNNCC(CC)CCCC. The third-order valence-corrected chi connectivity index (χ3v) is 2.96. The van der Waals surface area contributed by atoms with Gasteiger partial charge in [0, 0.05) is 13.1 Å². The summed E-state index contributed by atoms with van der Waals surface area (Å²) in [6, 6.07) is 0. The predicted molar refractivity (Wildman–Crippen MR) is 68.8 cm³/mol. The van der Waals surface area contributed by atoms with Gasteiger partial charge in [-0.25, -0.2) is 0 Å². The van der Waals surface area contributed by atoms with Gasteiger partial charge in [0.05, 0.1) is 0 Å². The van der Waals surface area contributed by atoms with Gasteiger partial charge < -0.3 is 0 Å². The number of hydrazine groups is 1. The van der Waals surface area contributed by atoms with Crippen LogP contribution in [0.3, 0.4) is 0 Å². The van der Waals surface area contributed by atoms with Crippen LogP contribution in [0, 0.1) is 5.92 Å². The maximum atomic E-state index is 3.35. The molecule has 0 radical (unpaired) electrons. The van der Waals surface area contributed by atoms with Crippen LogP contribution in [0.4, 0.5) is 0 Å². The molecule has 0 aliphatic rings. The molecule has 0 rings (SSSR count). The van der Waals surface area contributed by atoms with Crippen molar-refractivity contribution in [2.75, 3.05) is 13.1 Å². The summed E-state index contributed by atoms with van der Waals surface area (Å²) >= 11 is 0. The van der Waals surface area contributed by atoms with E-state index >= 15 is 0 Å². The minimum atomic E-state index is 0.851. The highest BCUT2D eigenvalue weighted by atomic mass is 15.3. The lowest BCUT2D eigenvalue weighted by atomic mass is 10.00.